The lowest BCUT2D eigenvalue weighted by Crippen LogP contribution is -2.21. The predicted octanol–water partition coefficient (Wildman–Crippen LogP) is 2.37. The number of hydrogen-bond donors (Lipinski definition) is 1. The Balaban J connectivity index is 1.83. The van der Waals surface area contributed by atoms with Gasteiger partial charge in [0.1, 0.15) is 6.54 Å². The zero-order valence-corrected chi connectivity index (χ0v) is 13.7. The number of methoxy groups -OCH3 is 1. The van der Waals surface area contributed by atoms with Gasteiger partial charge in [-0.2, -0.15) is 5.10 Å². The molecule has 1 N–H and O–H groups in total. The minimum Gasteiger partial charge on any atom is -0.465 e. The van der Waals surface area contributed by atoms with E-state index in [9.17, 15) is 19.7 Å². The summed E-state index contributed by atoms with van der Waals surface area (Å²) in [5.74, 6) is -1.00. The van der Waals surface area contributed by atoms with Crippen molar-refractivity contribution in [3.63, 3.8) is 0 Å². The van der Waals surface area contributed by atoms with Crippen LogP contribution in [0.5, 0.6) is 0 Å². The van der Waals surface area contributed by atoms with E-state index in [1.54, 1.807) is 24.3 Å². The first-order chi connectivity index (χ1) is 12.5. The molecular weight excluding hydrogens is 340 g/mol. The van der Waals surface area contributed by atoms with Gasteiger partial charge in [-0.3, -0.25) is 19.6 Å². The predicted molar refractivity (Wildman–Crippen MR) is 92.8 cm³/mol. The Kier molecular flexibility index (Phi) is 4.61. The highest BCUT2D eigenvalue weighted by molar-refractivity contribution is 6.01. The summed E-state index contributed by atoms with van der Waals surface area (Å²) in [7, 11) is 1.25. The molecule has 0 unspecified atom stereocenters. The molecule has 1 amide bonds. The molecule has 3 aromatic rings. The van der Waals surface area contributed by atoms with Crippen LogP contribution in [-0.2, 0) is 16.1 Å². The van der Waals surface area contributed by atoms with Gasteiger partial charge in [-0.05, 0) is 18.2 Å². The van der Waals surface area contributed by atoms with Crippen LogP contribution in [0.4, 0.5) is 11.4 Å². The smallest absolute Gasteiger partial charge is 0.339 e. The molecule has 132 valence electrons. The lowest BCUT2D eigenvalue weighted by Gasteiger charge is -2.10. The van der Waals surface area contributed by atoms with Crippen LogP contribution in [-0.4, -0.2) is 33.7 Å². The summed E-state index contributed by atoms with van der Waals surface area (Å²) in [6, 6.07) is 10.8. The monoisotopic (exact) mass is 354 g/mol. The SMILES string of the molecule is COC(=O)c1ccccc1NC(=O)Cn1ncc2ccc([N+](=O)[O-])cc21. The second-order valence-electron chi connectivity index (χ2n) is 5.39. The minimum absolute atomic E-state index is 0.0873. The van der Waals surface area contributed by atoms with Gasteiger partial charge < -0.3 is 10.1 Å². The van der Waals surface area contributed by atoms with Crippen molar-refractivity contribution < 1.29 is 19.2 Å². The van der Waals surface area contributed by atoms with E-state index >= 15 is 0 Å². The fourth-order valence-corrected chi connectivity index (χ4v) is 2.50. The molecule has 1 aromatic heterocycles. The molecule has 2 aromatic carbocycles. The third-order valence-corrected chi connectivity index (χ3v) is 3.74. The molecule has 9 nitrogen and oxygen atoms in total. The molecule has 3 rings (SSSR count). The number of carbonyl (C=O) groups is 2. The number of nitro groups is 1. The minimum atomic E-state index is -0.568. The number of para-hydroxylation sites is 1. The van der Waals surface area contributed by atoms with E-state index in [1.807, 2.05) is 0 Å². The van der Waals surface area contributed by atoms with Crippen LogP contribution in [0.3, 0.4) is 0 Å². The zero-order valence-electron chi connectivity index (χ0n) is 13.7. The van der Waals surface area contributed by atoms with Crippen LogP contribution >= 0.6 is 0 Å². The molecule has 0 saturated heterocycles. The van der Waals surface area contributed by atoms with E-state index in [0.29, 0.717) is 16.6 Å². The van der Waals surface area contributed by atoms with Crippen molar-refractivity contribution in [2.45, 2.75) is 6.54 Å². The van der Waals surface area contributed by atoms with Crippen LogP contribution in [0.15, 0.2) is 48.7 Å². The highest BCUT2D eigenvalue weighted by Gasteiger charge is 2.15. The first kappa shape index (κ1) is 17.1. The fraction of sp³-hybridized carbons (Fsp3) is 0.118. The summed E-state index contributed by atoms with van der Waals surface area (Å²) in [4.78, 5) is 34.5. The van der Waals surface area contributed by atoms with Crippen molar-refractivity contribution in [1.82, 2.24) is 9.78 Å². The summed E-state index contributed by atoms with van der Waals surface area (Å²) in [5, 5.41) is 18.3. The number of aromatic nitrogens is 2. The number of nitro benzene ring substituents is 1. The normalized spacial score (nSPS) is 10.5. The second kappa shape index (κ2) is 7.01. The average molecular weight is 354 g/mol. The molecule has 0 radical (unpaired) electrons. The van der Waals surface area contributed by atoms with Gasteiger partial charge in [0.25, 0.3) is 5.69 Å². The number of nitrogens with zero attached hydrogens (tertiary/aromatic N) is 3. The number of amides is 1. The third-order valence-electron chi connectivity index (χ3n) is 3.74. The Labute approximate surface area is 147 Å². The van der Waals surface area contributed by atoms with Crippen LogP contribution < -0.4 is 5.32 Å². The number of carbonyl (C=O) groups excluding carboxylic acids is 2. The average Bonchev–Trinajstić information content (AvgIpc) is 3.03. The van der Waals surface area contributed by atoms with Gasteiger partial charge >= 0.3 is 5.97 Å². The van der Waals surface area contributed by atoms with Crippen molar-refractivity contribution >= 4 is 34.2 Å². The number of non-ortho nitro benzene ring substituents is 1. The van der Waals surface area contributed by atoms with Crippen molar-refractivity contribution in [3.8, 4) is 0 Å². The first-order valence-corrected chi connectivity index (χ1v) is 7.57. The fourth-order valence-electron chi connectivity index (χ4n) is 2.50. The maximum Gasteiger partial charge on any atom is 0.339 e. The number of ether oxygens (including phenoxy) is 1. The number of rotatable bonds is 5. The molecule has 0 saturated carbocycles. The molecule has 9 heteroatoms. The van der Waals surface area contributed by atoms with Gasteiger partial charge in [0.2, 0.25) is 5.91 Å². The number of benzene rings is 2. The molecule has 26 heavy (non-hydrogen) atoms. The van der Waals surface area contributed by atoms with Gasteiger partial charge in [-0.25, -0.2) is 4.79 Å². The molecule has 0 aliphatic rings. The Morgan fingerprint density at radius 1 is 1.27 bits per heavy atom. The molecule has 0 aliphatic carbocycles. The number of esters is 1. The first-order valence-electron chi connectivity index (χ1n) is 7.57. The summed E-state index contributed by atoms with van der Waals surface area (Å²) < 4.78 is 6.05. The summed E-state index contributed by atoms with van der Waals surface area (Å²) in [6.07, 6.45) is 1.52. The van der Waals surface area contributed by atoms with Crippen molar-refractivity contribution in [1.29, 1.82) is 0 Å². The maximum absolute atomic E-state index is 12.3. The molecule has 0 aliphatic heterocycles. The standard InChI is InChI=1S/C17H14N4O5/c1-26-17(23)13-4-2-3-5-14(13)19-16(22)10-20-15-8-12(21(24)25)7-6-11(15)9-18-20/h2-9H,10H2,1H3,(H,19,22). The van der Waals surface area contributed by atoms with Crippen LogP contribution in [0.25, 0.3) is 10.9 Å². The third kappa shape index (κ3) is 3.36. The van der Waals surface area contributed by atoms with E-state index in [1.165, 1.54) is 36.2 Å². The van der Waals surface area contributed by atoms with E-state index < -0.39 is 16.8 Å². The largest absolute Gasteiger partial charge is 0.465 e. The number of nitrogens with one attached hydrogen (secondary N) is 1. The zero-order chi connectivity index (χ0) is 18.7. The lowest BCUT2D eigenvalue weighted by molar-refractivity contribution is -0.384. The molecule has 1 heterocycles. The number of anilines is 1. The van der Waals surface area contributed by atoms with E-state index in [4.69, 9.17) is 0 Å². The number of hydrogen-bond acceptors (Lipinski definition) is 6. The van der Waals surface area contributed by atoms with E-state index in [0.717, 1.165) is 0 Å². The van der Waals surface area contributed by atoms with Crippen molar-refractivity contribution in [2.24, 2.45) is 0 Å². The van der Waals surface area contributed by atoms with Gasteiger partial charge in [-0.1, -0.05) is 12.1 Å². The quantitative estimate of drug-likeness (QED) is 0.427. The van der Waals surface area contributed by atoms with E-state index in [-0.39, 0.29) is 17.8 Å². The second-order valence-corrected chi connectivity index (χ2v) is 5.39. The van der Waals surface area contributed by atoms with Gasteiger partial charge in [0.05, 0.1) is 35.0 Å². The van der Waals surface area contributed by atoms with Crippen LogP contribution in [0.1, 0.15) is 10.4 Å². The highest BCUT2D eigenvalue weighted by Crippen LogP contribution is 2.21. The van der Waals surface area contributed by atoms with E-state index in [2.05, 4.69) is 15.2 Å². The summed E-state index contributed by atoms with van der Waals surface area (Å²) >= 11 is 0. The summed E-state index contributed by atoms with van der Waals surface area (Å²) in [6.45, 7) is -0.166. The van der Waals surface area contributed by atoms with Gasteiger partial charge in [-0.15, -0.1) is 0 Å². The van der Waals surface area contributed by atoms with Crippen LogP contribution in [0.2, 0.25) is 0 Å². The Morgan fingerprint density at radius 3 is 2.77 bits per heavy atom. The Bertz CT molecular complexity index is 1010. The topological polar surface area (TPSA) is 116 Å². The number of fused-ring (bicyclic) bond motifs is 1. The molecule has 0 spiro atoms. The Hall–Kier alpha value is -3.75. The van der Waals surface area contributed by atoms with Crippen molar-refractivity contribution in [2.75, 3.05) is 12.4 Å². The maximum atomic E-state index is 12.3. The summed E-state index contributed by atoms with van der Waals surface area (Å²) in [5.41, 5.74) is 0.919. The molecule has 0 atom stereocenters. The molecule has 0 fully saturated rings. The molecular formula is C17H14N4O5. The Morgan fingerprint density at radius 2 is 2.04 bits per heavy atom. The lowest BCUT2D eigenvalue weighted by atomic mass is 10.2. The molecule has 0 bridgehead atoms. The van der Waals surface area contributed by atoms with Gasteiger partial charge in [0, 0.05) is 17.5 Å². The van der Waals surface area contributed by atoms with Crippen LogP contribution in [0, 0.1) is 10.1 Å². The van der Waals surface area contributed by atoms with Gasteiger partial charge in [0.15, 0.2) is 0 Å². The highest BCUT2D eigenvalue weighted by atomic mass is 16.6. The van der Waals surface area contributed by atoms with Crippen molar-refractivity contribution in [3.05, 3.63) is 64.3 Å².